The van der Waals surface area contributed by atoms with E-state index in [0.29, 0.717) is 5.95 Å². The Morgan fingerprint density at radius 3 is 2.63 bits per heavy atom. The highest BCUT2D eigenvalue weighted by Crippen LogP contribution is 2.19. The Balaban J connectivity index is 2.24. The van der Waals surface area contributed by atoms with Crippen molar-refractivity contribution in [2.45, 2.75) is 6.92 Å². The van der Waals surface area contributed by atoms with Crippen molar-refractivity contribution in [2.75, 3.05) is 19.0 Å². The molecule has 0 atom stereocenters. The Hall–Kier alpha value is -2.43. The van der Waals surface area contributed by atoms with Crippen molar-refractivity contribution >= 4 is 16.9 Å². The van der Waals surface area contributed by atoms with Gasteiger partial charge in [0.15, 0.2) is 0 Å². The van der Waals surface area contributed by atoms with Crippen molar-refractivity contribution in [3.63, 3.8) is 0 Å². The molecule has 0 radical (unpaired) electrons. The largest absolute Gasteiger partial charge is 0.363 e. The Bertz CT molecular complexity index is 730. The molecule has 5 heteroatoms. The van der Waals surface area contributed by atoms with Crippen LogP contribution in [-0.4, -0.2) is 33.6 Å². The predicted molar refractivity (Wildman–Crippen MR) is 75.7 cm³/mol. The molecule has 0 aliphatic carbocycles. The highest BCUT2D eigenvalue weighted by atomic mass is 15.2. The van der Waals surface area contributed by atoms with Gasteiger partial charge in [-0.3, -0.25) is 4.57 Å². The topological polar surface area (TPSA) is 46.8 Å². The molecule has 0 aliphatic rings. The van der Waals surface area contributed by atoms with E-state index in [1.54, 1.807) is 6.20 Å². The number of nitrogens with zero attached hydrogens (tertiary/aromatic N) is 5. The van der Waals surface area contributed by atoms with Crippen LogP contribution in [0.25, 0.3) is 17.0 Å². The monoisotopic (exact) mass is 253 g/mol. The van der Waals surface area contributed by atoms with Gasteiger partial charge in [0, 0.05) is 20.3 Å². The molecule has 3 aromatic rings. The maximum atomic E-state index is 4.56. The van der Waals surface area contributed by atoms with Crippen LogP contribution >= 0.6 is 0 Å². The summed E-state index contributed by atoms with van der Waals surface area (Å²) in [6.07, 6.45) is 1.77. The molecule has 0 saturated heterocycles. The summed E-state index contributed by atoms with van der Waals surface area (Å²) in [6, 6.07) is 9.89. The average molecular weight is 253 g/mol. The number of imidazole rings is 1. The van der Waals surface area contributed by atoms with E-state index >= 15 is 0 Å². The zero-order valence-electron chi connectivity index (χ0n) is 11.2. The molecule has 0 aliphatic heterocycles. The maximum Gasteiger partial charge on any atom is 0.237 e. The number of fused-ring (bicyclic) bond motifs is 1. The SMILES string of the molecule is Cc1nc2ccccc2n1-c1nccc(N(C)C)n1. The first-order valence-corrected chi connectivity index (χ1v) is 6.11. The van der Waals surface area contributed by atoms with Crippen molar-refractivity contribution in [1.82, 2.24) is 19.5 Å². The van der Waals surface area contributed by atoms with Gasteiger partial charge in [-0.25, -0.2) is 9.97 Å². The summed E-state index contributed by atoms with van der Waals surface area (Å²) < 4.78 is 1.97. The lowest BCUT2D eigenvalue weighted by atomic mass is 10.3. The fourth-order valence-corrected chi connectivity index (χ4v) is 2.09. The molecule has 96 valence electrons. The number of benzene rings is 1. The summed E-state index contributed by atoms with van der Waals surface area (Å²) in [6.45, 7) is 1.96. The van der Waals surface area contributed by atoms with Crippen molar-refractivity contribution in [1.29, 1.82) is 0 Å². The molecule has 0 amide bonds. The first-order chi connectivity index (χ1) is 9.16. The zero-order valence-corrected chi connectivity index (χ0v) is 11.2. The van der Waals surface area contributed by atoms with E-state index in [2.05, 4.69) is 15.0 Å². The molecule has 0 unspecified atom stereocenters. The van der Waals surface area contributed by atoms with Gasteiger partial charge in [0.2, 0.25) is 5.95 Å². The summed E-state index contributed by atoms with van der Waals surface area (Å²) in [4.78, 5) is 15.4. The summed E-state index contributed by atoms with van der Waals surface area (Å²) in [5.74, 6) is 2.41. The van der Waals surface area contributed by atoms with Crippen LogP contribution in [-0.2, 0) is 0 Å². The first-order valence-electron chi connectivity index (χ1n) is 6.11. The van der Waals surface area contributed by atoms with Crippen LogP contribution in [0.5, 0.6) is 0 Å². The fraction of sp³-hybridized carbons (Fsp3) is 0.214. The molecule has 2 aromatic heterocycles. The molecule has 0 bridgehead atoms. The first kappa shape index (κ1) is 11.6. The van der Waals surface area contributed by atoms with E-state index in [4.69, 9.17) is 0 Å². The number of hydrogen-bond donors (Lipinski definition) is 0. The Kier molecular flexibility index (Phi) is 2.67. The standard InChI is InChI=1S/C14H15N5/c1-10-16-11-6-4-5-7-12(11)19(10)14-15-9-8-13(17-14)18(2)3/h4-9H,1-3H3. The summed E-state index contributed by atoms with van der Waals surface area (Å²) >= 11 is 0. The Morgan fingerprint density at radius 2 is 1.84 bits per heavy atom. The lowest BCUT2D eigenvalue weighted by Crippen LogP contribution is -2.13. The van der Waals surface area contributed by atoms with E-state index in [-0.39, 0.29) is 0 Å². The fourth-order valence-electron chi connectivity index (χ4n) is 2.09. The number of aryl methyl sites for hydroxylation is 1. The van der Waals surface area contributed by atoms with E-state index in [1.165, 1.54) is 0 Å². The number of aromatic nitrogens is 4. The molecular weight excluding hydrogens is 238 g/mol. The molecule has 0 fully saturated rings. The maximum absolute atomic E-state index is 4.56. The smallest absolute Gasteiger partial charge is 0.237 e. The van der Waals surface area contributed by atoms with Crippen LogP contribution in [0.3, 0.4) is 0 Å². The number of hydrogen-bond acceptors (Lipinski definition) is 4. The summed E-state index contributed by atoms with van der Waals surface area (Å²) in [5.41, 5.74) is 1.98. The van der Waals surface area contributed by atoms with Gasteiger partial charge in [0.05, 0.1) is 11.0 Å². The zero-order chi connectivity index (χ0) is 13.4. The quantitative estimate of drug-likeness (QED) is 0.702. The van der Waals surface area contributed by atoms with Gasteiger partial charge >= 0.3 is 0 Å². The van der Waals surface area contributed by atoms with Gasteiger partial charge < -0.3 is 4.90 Å². The minimum Gasteiger partial charge on any atom is -0.363 e. The molecule has 0 saturated carbocycles. The molecule has 2 heterocycles. The van der Waals surface area contributed by atoms with E-state index in [1.807, 2.05) is 60.8 Å². The highest BCUT2D eigenvalue weighted by molar-refractivity contribution is 5.77. The van der Waals surface area contributed by atoms with E-state index in [0.717, 1.165) is 22.7 Å². The normalized spacial score (nSPS) is 10.9. The van der Waals surface area contributed by atoms with Crippen molar-refractivity contribution in [2.24, 2.45) is 0 Å². The van der Waals surface area contributed by atoms with Crippen molar-refractivity contribution in [3.8, 4) is 5.95 Å². The van der Waals surface area contributed by atoms with Crippen LogP contribution in [0.2, 0.25) is 0 Å². The van der Waals surface area contributed by atoms with Gasteiger partial charge in [0.25, 0.3) is 0 Å². The van der Waals surface area contributed by atoms with E-state index in [9.17, 15) is 0 Å². The van der Waals surface area contributed by atoms with Gasteiger partial charge in [-0.15, -0.1) is 0 Å². The second kappa shape index (κ2) is 4.35. The van der Waals surface area contributed by atoms with Crippen molar-refractivity contribution < 1.29 is 0 Å². The number of rotatable bonds is 2. The molecule has 5 nitrogen and oxygen atoms in total. The second-order valence-corrected chi connectivity index (χ2v) is 4.59. The molecule has 0 N–H and O–H groups in total. The molecule has 0 spiro atoms. The van der Waals surface area contributed by atoms with Gasteiger partial charge in [0.1, 0.15) is 11.6 Å². The predicted octanol–water partition coefficient (Wildman–Crippen LogP) is 2.19. The van der Waals surface area contributed by atoms with E-state index < -0.39 is 0 Å². The minimum atomic E-state index is 0.650. The van der Waals surface area contributed by atoms with Gasteiger partial charge in [-0.05, 0) is 25.1 Å². The summed E-state index contributed by atoms with van der Waals surface area (Å²) in [7, 11) is 3.93. The molecule has 19 heavy (non-hydrogen) atoms. The summed E-state index contributed by atoms with van der Waals surface area (Å²) in [5, 5.41) is 0. The van der Waals surface area contributed by atoms with Crippen LogP contribution in [0.15, 0.2) is 36.5 Å². The Labute approximate surface area is 111 Å². The number of anilines is 1. The second-order valence-electron chi connectivity index (χ2n) is 4.59. The Morgan fingerprint density at radius 1 is 1.05 bits per heavy atom. The lowest BCUT2D eigenvalue weighted by molar-refractivity contribution is 0.892. The average Bonchev–Trinajstić information content (AvgIpc) is 2.74. The molecule has 3 rings (SSSR count). The van der Waals surface area contributed by atoms with Crippen LogP contribution in [0.4, 0.5) is 5.82 Å². The minimum absolute atomic E-state index is 0.650. The third-order valence-corrected chi connectivity index (χ3v) is 3.01. The lowest BCUT2D eigenvalue weighted by Gasteiger charge is -2.12. The third kappa shape index (κ3) is 1.93. The van der Waals surface area contributed by atoms with Crippen molar-refractivity contribution in [3.05, 3.63) is 42.4 Å². The molecule has 1 aromatic carbocycles. The van der Waals surface area contributed by atoms with Crippen LogP contribution < -0.4 is 4.90 Å². The third-order valence-electron chi connectivity index (χ3n) is 3.01. The van der Waals surface area contributed by atoms with Crippen LogP contribution in [0.1, 0.15) is 5.82 Å². The van der Waals surface area contributed by atoms with Crippen LogP contribution in [0, 0.1) is 6.92 Å². The van der Waals surface area contributed by atoms with Gasteiger partial charge in [-0.1, -0.05) is 12.1 Å². The molecular formula is C14H15N5. The highest BCUT2D eigenvalue weighted by Gasteiger charge is 2.11. The number of para-hydroxylation sites is 2. The van der Waals surface area contributed by atoms with Gasteiger partial charge in [-0.2, -0.15) is 4.98 Å².